The first kappa shape index (κ1) is 12.8. The lowest BCUT2D eigenvalue weighted by Crippen LogP contribution is -2.40. The summed E-state index contributed by atoms with van der Waals surface area (Å²) in [5, 5.41) is 2.95. The SMILES string of the molecule is CC1(C(=O)NCCCC(N)=S)CCCS1. The van der Waals surface area contributed by atoms with Crippen molar-refractivity contribution in [3.8, 4) is 0 Å². The second kappa shape index (κ2) is 5.70. The van der Waals surface area contributed by atoms with E-state index < -0.39 is 0 Å². The molecule has 1 rings (SSSR count). The lowest BCUT2D eigenvalue weighted by Gasteiger charge is -2.21. The Bertz CT molecular complexity index is 250. The van der Waals surface area contributed by atoms with Gasteiger partial charge in [0.15, 0.2) is 0 Å². The normalized spacial score (nSPS) is 25.1. The Hall–Kier alpha value is -0.290. The lowest BCUT2D eigenvalue weighted by molar-refractivity contribution is -0.123. The van der Waals surface area contributed by atoms with Gasteiger partial charge in [-0.2, -0.15) is 0 Å². The molecule has 1 amide bonds. The number of carbonyl (C=O) groups excluding carboxylic acids is 1. The summed E-state index contributed by atoms with van der Waals surface area (Å²) in [5.41, 5.74) is 5.37. The van der Waals surface area contributed by atoms with Gasteiger partial charge in [0.2, 0.25) is 5.91 Å². The van der Waals surface area contributed by atoms with E-state index in [-0.39, 0.29) is 10.7 Å². The number of amides is 1. The van der Waals surface area contributed by atoms with Gasteiger partial charge < -0.3 is 11.1 Å². The molecule has 0 bridgehead atoms. The number of carbonyl (C=O) groups is 1. The second-order valence-corrected chi connectivity index (χ2v) is 6.13. The first-order valence-corrected chi connectivity index (χ1v) is 6.64. The zero-order chi connectivity index (χ0) is 11.3. The van der Waals surface area contributed by atoms with Crippen molar-refractivity contribution in [2.24, 2.45) is 5.73 Å². The van der Waals surface area contributed by atoms with Crippen LogP contribution < -0.4 is 11.1 Å². The molecule has 86 valence electrons. The first-order chi connectivity index (χ1) is 7.04. The molecular weight excluding hydrogens is 228 g/mol. The van der Waals surface area contributed by atoms with E-state index in [9.17, 15) is 4.79 Å². The number of thiocarbonyl (C=S) groups is 1. The van der Waals surface area contributed by atoms with E-state index >= 15 is 0 Å². The molecule has 1 aliphatic rings. The highest BCUT2D eigenvalue weighted by Crippen LogP contribution is 2.37. The summed E-state index contributed by atoms with van der Waals surface area (Å²) in [4.78, 5) is 12.3. The minimum absolute atomic E-state index is 0.160. The molecule has 0 aliphatic carbocycles. The van der Waals surface area contributed by atoms with Gasteiger partial charge in [-0.3, -0.25) is 4.79 Å². The minimum Gasteiger partial charge on any atom is -0.393 e. The molecule has 1 unspecified atom stereocenters. The number of nitrogens with one attached hydrogen (secondary N) is 1. The molecule has 15 heavy (non-hydrogen) atoms. The second-order valence-electron chi connectivity index (χ2n) is 4.01. The van der Waals surface area contributed by atoms with Gasteiger partial charge in [0.25, 0.3) is 0 Å². The van der Waals surface area contributed by atoms with E-state index in [1.165, 1.54) is 0 Å². The highest BCUT2D eigenvalue weighted by atomic mass is 32.2. The highest BCUT2D eigenvalue weighted by molar-refractivity contribution is 8.01. The van der Waals surface area contributed by atoms with Crippen LogP contribution in [-0.2, 0) is 4.79 Å². The molecule has 1 fully saturated rings. The summed E-state index contributed by atoms with van der Waals surface area (Å²) < 4.78 is -0.205. The molecule has 1 aliphatic heterocycles. The van der Waals surface area contributed by atoms with Crippen molar-refractivity contribution in [3.05, 3.63) is 0 Å². The van der Waals surface area contributed by atoms with Crippen LogP contribution in [0.5, 0.6) is 0 Å². The van der Waals surface area contributed by atoms with Crippen LogP contribution in [0.25, 0.3) is 0 Å². The minimum atomic E-state index is -0.205. The van der Waals surface area contributed by atoms with Crippen molar-refractivity contribution in [2.75, 3.05) is 12.3 Å². The number of hydrogen-bond acceptors (Lipinski definition) is 3. The zero-order valence-electron chi connectivity index (χ0n) is 9.04. The third-order valence-electron chi connectivity index (χ3n) is 2.58. The topological polar surface area (TPSA) is 55.1 Å². The average molecular weight is 246 g/mol. The molecule has 0 aromatic rings. The Morgan fingerprint density at radius 3 is 2.93 bits per heavy atom. The predicted octanol–water partition coefficient (Wildman–Crippen LogP) is 1.45. The van der Waals surface area contributed by atoms with E-state index in [2.05, 4.69) is 5.32 Å². The maximum absolute atomic E-state index is 11.8. The molecule has 1 atom stereocenters. The van der Waals surface area contributed by atoms with Crippen molar-refractivity contribution in [1.82, 2.24) is 5.32 Å². The van der Waals surface area contributed by atoms with Crippen molar-refractivity contribution >= 4 is 34.9 Å². The van der Waals surface area contributed by atoms with Gasteiger partial charge in [-0.15, -0.1) is 11.8 Å². The number of nitrogens with two attached hydrogens (primary N) is 1. The molecule has 0 saturated carbocycles. The maximum Gasteiger partial charge on any atom is 0.235 e. The number of thioether (sulfide) groups is 1. The highest BCUT2D eigenvalue weighted by Gasteiger charge is 2.36. The van der Waals surface area contributed by atoms with E-state index in [4.69, 9.17) is 18.0 Å². The van der Waals surface area contributed by atoms with Gasteiger partial charge >= 0.3 is 0 Å². The monoisotopic (exact) mass is 246 g/mol. The molecule has 1 heterocycles. The molecule has 1 saturated heterocycles. The maximum atomic E-state index is 11.8. The molecule has 0 aromatic heterocycles. The molecule has 0 radical (unpaired) electrons. The summed E-state index contributed by atoms with van der Waals surface area (Å²) >= 11 is 6.52. The van der Waals surface area contributed by atoms with E-state index in [1.54, 1.807) is 11.8 Å². The van der Waals surface area contributed by atoms with Gasteiger partial charge in [0.05, 0.1) is 9.74 Å². The van der Waals surface area contributed by atoms with Gasteiger partial charge in [-0.05, 0) is 38.4 Å². The Morgan fingerprint density at radius 1 is 1.67 bits per heavy atom. The first-order valence-electron chi connectivity index (χ1n) is 5.25. The van der Waals surface area contributed by atoms with Gasteiger partial charge in [-0.25, -0.2) is 0 Å². The molecule has 3 nitrogen and oxygen atoms in total. The van der Waals surface area contributed by atoms with Crippen LogP contribution in [0.2, 0.25) is 0 Å². The Kier molecular flexibility index (Phi) is 4.86. The fraction of sp³-hybridized carbons (Fsp3) is 0.800. The van der Waals surface area contributed by atoms with Crippen molar-refractivity contribution in [2.45, 2.75) is 37.4 Å². The smallest absolute Gasteiger partial charge is 0.235 e. The number of rotatable bonds is 5. The Balaban J connectivity index is 2.21. The Morgan fingerprint density at radius 2 is 2.40 bits per heavy atom. The summed E-state index contributed by atoms with van der Waals surface area (Å²) in [6.45, 7) is 2.69. The largest absolute Gasteiger partial charge is 0.393 e. The van der Waals surface area contributed by atoms with Crippen molar-refractivity contribution < 1.29 is 4.79 Å². The zero-order valence-corrected chi connectivity index (χ0v) is 10.7. The molecule has 3 N–H and O–H groups in total. The lowest BCUT2D eigenvalue weighted by atomic mass is 10.0. The standard InChI is InChI=1S/C10H18N2OS2/c1-10(5-3-7-15-10)9(13)12-6-2-4-8(11)14/h2-7H2,1H3,(H2,11,14)(H,12,13). The predicted molar refractivity (Wildman–Crippen MR) is 69.1 cm³/mol. The molecule has 0 aromatic carbocycles. The van der Waals surface area contributed by atoms with Crippen LogP contribution in [-0.4, -0.2) is 27.9 Å². The summed E-state index contributed by atoms with van der Waals surface area (Å²) in [6, 6.07) is 0. The van der Waals surface area contributed by atoms with Gasteiger partial charge in [-0.1, -0.05) is 12.2 Å². The van der Waals surface area contributed by atoms with Crippen LogP contribution in [0, 0.1) is 0 Å². The van der Waals surface area contributed by atoms with Crippen LogP contribution in [0.15, 0.2) is 0 Å². The van der Waals surface area contributed by atoms with Crippen LogP contribution in [0.1, 0.15) is 32.6 Å². The van der Waals surface area contributed by atoms with Gasteiger partial charge in [0, 0.05) is 6.54 Å². The van der Waals surface area contributed by atoms with Crippen LogP contribution in [0.4, 0.5) is 0 Å². The third-order valence-corrected chi connectivity index (χ3v) is 4.31. The quantitative estimate of drug-likeness (QED) is 0.569. The van der Waals surface area contributed by atoms with Crippen LogP contribution >= 0.6 is 24.0 Å². The van der Waals surface area contributed by atoms with E-state index in [0.717, 1.165) is 25.0 Å². The number of hydrogen-bond donors (Lipinski definition) is 2. The molecular formula is C10H18N2OS2. The average Bonchev–Trinajstić information content (AvgIpc) is 2.60. The fourth-order valence-corrected chi connectivity index (χ4v) is 2.99. The van der Waals surface area contributed by atoms with Crippen LogP contribution in [0.3, 0.4) is 0 Å². The van der Waals surface area contributed by atoms with Crippen molar-refractivity contribution in [3.63, 3.8) is 0 Å². The summed E-state index contributed by atoms with van der Waals surface area (Å²) in [6.07, 6.45) is 3.67. The third kappa shape index (κ3) is 3.99. The van der Waals surface area contributed by atoms with Crippen molar-refractivity contribution in [1.29, 1.82) is 0 Å². The fourth-order valence-electron chi connectivity index (χ4n) is 1.61. The molecule has 5 heteroatoms. The summed E-state index contributed by atoms with van der Waals surface area (Å²) in [5.74, 6) is 1.25. The van der Waals surface area contributed by atoms with E-state index in [0.29, 0.717) is 18.0 Å². The summed E-state index contributed by atoms with van der Waals surface area (Å²) in [7, 11) is 0. The van der Waals surface area contributed by atoms with E-state index in [1.807, 2.05) is 6.92 Å². The Labute approximate surface area is 101 Å². The molecule has 0 spiro atoms. The van der Waals surface area contributed by atoms with Gasteiger partial charge in [0.1, 0.15) is 0 Å².